The Hall–Kier alpha value is -3.17. The molecule has 3 rings (SSSR count). The largest absolute Gasteiger partial charge is 0.317 e. The summed E-state index contributed by atoms with van der Waals surface area (Å²) in [5.41, 5.74) is 2.58. The highest BCUT2D eigenvalue weighted by Crippen LogP contribution is 2.24. The fourth-order valence-electron chi connectivity index (χ4n) is 2.49. The molecule has 0 unspecified atom stereocenters. The molecule has 1 heterocycles. The van der Waals surface area contributed by atoms with Gasteiger partial charge in [-0.3, -0.25) is 10.1 Å². The number of nitro benzene ring substituents is 1. The Bertz CT molecular complexity index is 1020. The van der Waals surface area contributed by atoms with Gasteiger partial charge in [0.2, 0.25) is 0 Å². The highest BCUT2D eigenvalue weighted by molar-refractivity contribution is 9.10. The van der Waals surface area contributed by atoms with Gasteiger partial charge in [0.05, 0.1) is 16.6 Å². The summed E-state index contributed by atoms with van der Waals surface area (Å²) in [7, 11) is 0. The Balaban J connectivity index is 2.05. The monoisotopic (exact) mass is 393 g/mol. The van der Waals surface area contributed by atoms with Crippen molar-refractivity contribution in [1.29, 1.82) is 5.26 Å². The van der Waals surface area contributed by atoms with E-state index in [-0.39, 0.29) is 5.69 Å². The molecule has 0 atom stereocenters. The maximum atomic E-state index is 10.9. The number of nitrogens with zero attached hydrogens (tertiary/aromatic N) is 3. The van der Waals surface area contributed by atoms with Gasteiger partial charge in [-0.25, -0.2) is 0 Å². The van der Waals surface area contributed by atoms with Crippen LogP contribution in [0.4, 0.5) is 5.69 Å². The highest BCUT2D eigenvalue weighted by atomic mass is 79.9. The Labute approximate surface area is 152 Å². The molecule has 0 spiro atoms. The van der Waals surface area contributed by atoms with E-state index in [4.69, 9.17) is 0 Å². The Morgan fingerprint density at radius 1 is 1.16 bits per heavy atom. The lowest BCUT2D eigenvalue weighted by atomic mass is 10.1. The molecule has 2 aromatic carbocycles. The maximum Gasteiger partial charge on any atom is 0.270 e. The fourth-order valence-corrected chi connectivity index (χ4v) is 2.88. The number of hydrogen-bond donors (Lipinski definition) is 0. The second kappa shape index (κ2) is 7.16. The molecule has 0 N–H and O–H groups in total. The molecule has 0 fully saturated rings. The van der Waals surface area contributed by atoms with Gasteiger partial charge < -0.3 is 4.57 Å². The van der Waals surface area contributed by atoms with E-state index in [0.29, 0.717) is 11.1 Å². The summed E-state index contributed by atoms with van der Waals surface area (Å²) in [6.45, 7) is 0. The van der Waals surface area contributed by atoms with Crippen LogP contribution in [0.5, 0.6) is 0 Å². The average Bonchev–Trinajstić information content (AvgIpc) is 3.08. The minimum atomic E-state index is -0.470. The molecule has 3 aromatic rings. The van der Waals surface area contributed by atoms with Crippen LogP contribution in [0.3, 0.4) is 0 Å². The van der Waals surface area contributed by atoms with Crippen molar-refractivity contribution in [2.24, 2.45) is 0 Å². The van der Waals surface area contributed by atoms with Crippen molar-refractivity contribution >= 4 is 33.3 Å². The van der Waals surface area contributed by atoms with Crippen LogP contribution >= 0.6 is 15.9 Å². The lowest BCUT2D eigenvalue weighted by Crippen LogP contribution is -1.95. The van der Waals surface area contributed by atoms with Gasteiger partial charge in [0.15, 0.2) is 0 Å². The molecular weight excluding hydrogens is 382 g/mol. The van der Waals surface area contributed by atoms with Gasteiger partial charge in [0, 0.05) is 34.2 Å². The first kappa shape index (κ1) is 16.7. The molecule has 0 saturated carbocycles. The molecule has 5 nitrogen and oxygen atoms in total. The minimum absolute atomic E-state index is 0.0407. The lowest BCUT2D eigenvalue weighted by Gasteiger charge is -2.08. The zero-order valence-corrected chi connectivity index (χ0v) is 14.6. The summed E-state index contributed by atoms with van der Waals surface area (Å²) < 4.78 is 2.90. The molecule has 0 aliphatic rings. The van der Waals surface area contributed by atoms with Crippen molar-refractivity contribution in [3.8, 4) is 11.8 Å². The molecule has 1 aromatic heterocycles. The molecule has 6 heteroatoms. The molecule has 0 aliphatic carbocycles. The Morgan fingerprint density at radius 3 is 2.68 bits per heavy atom. The van der Waals surface area contributed by atoms with E-state index in [1.54, 1.807) is 18.2 Å². The van der Waals surface area contributed by atoms with E-state index < -0.39 is 4.92 Å². The average molecular weight is 394 g/mol. The second-order valence-corrected chi connectivity index (χ2v) is 6.18. The SMILES string of the molecule is N#CC(=Cc1cccn1-c1cccc(Br)c1)c1cccc([N+](=O)[O-])c1. The number of aromatic nitrogens is 1. The summed E-state index contributed by atoms with van der Waals surface area (Å²) in [4.78, 5) is 10.5. The van der Waals surface area contributed by atoms with Crippen LogP contribution < -0.4 is 0 Å². The van der Waals surface area contributed by atoms with Gasteiger partial charge in [-0.2, -0.15) is 5.26 Å². The quantitative estimate of drug-likeness (QED) is 0.346. The highest BCUT2D eigenvalue weighted by Gasteiger charge is 2.10. The van der Waals surface area contributed by atoms with E-state index >= 15 is 0 Å². The minimum Gasteiger partial charge on any atom is -0.317 e. The zero-order chi connectivity index (χ0) is 17.8. The van der Waals surface area contributed by atoms with E-state index in [0.717, 1.165) is 15.9 Å². The lowest BCUT2D eigenvalue weighted by molar-refractivity contribution is -0.384. The summed E-state index contributed by atoms with van der Waals surface area (Å²) in [6, 6.07) is 19.8. The molecule has 122 valence electrons. The van der Waals surface area contributed by atoms with Crippen LogP contribution in [-0.2, 0) is 0 Å². The molecule has 0 saturated heterocycles. The van der Waals surface area contributed by atoms with Crippen LogP contribution in [0, 0.1) is 21.4 Å². The number of nitro groups is 1. The third-order valence-electron chi connectivity index (χ3n) is 3.65. The predicted molar refractivity (Wildman–Crippen MR) is 100 cm³/mol. The van der Waals surface area contributed by atoms with Gasteiger partial charge >= 0.3 is 0 Å². The molecule has 0 bridgehead atoms. The molecule has 25 heavy (non-hydrogen) atoms. The number of non-ortho nitro benzene ring substituents is 1. The maximum absolute atomic E-state index is 10.9. The van der Waals surface area contributed by atoms with E-state index in [9.17, 15) is 15.4 Å². The summed E-state index contributed by atoms with van der Waals surface area (Å²) in [5.74, 6) is 0. The van der Waals surface area contributed by atoms with Crippen LogP contribution in [0.15, 0.2) is 71.3 Å². The van der Waals surface area contributed by atoms with E-state index in [2.05, 4.69) is 22.0 Å². The number of halogens is 1. The van der Waals surface area contributed by atoms with Crippen molar-refractivity contribution in [2.45, 2.75) is 0 Å². The number of rotatable bonds is 4. The van der Waals surface area contributed by atoms with Gasteiger partial charge in [-0.1, -0.05) is 34.1 Å². The van der Waals surface area contributed by atoms with Gasteiger partial charge in [0.25, 0.3) is 5.69 Å². The smallest absolute Gasteiger partial charge is 0.270 e. The van der Waals surface area contributed by atoms with Crippen LogP contribution in [0.25, 0.3) is 17.3 Å². The molecule has 0 radical (unpaired) electrons. The normalized spacial score (nSPS) is 11.1. The number of nitriles is 1. The summed E-state index contributed by atoms with van der Waals surface area (Å²) in [6.07, 6.45) is 3.62. The van der Waals surface area contributed by atoms with Crippen molar-refractivity contribution < 1.29 is 4.92 Å². The van der Waals surface area contributed by atoms with Crippen molar-refractivity contribution in [1.82, 2.24) is 4.57 Å². The first-order valence-corrected chi connectivity index (χ1v) is 8.18. The number of benzene rings is 2. The molecule has 0 aliphatic heterocycles. The topological polar surface area (TPSA) is 71.9 Å². The third-order valence-corrected chi connectivity index (χ3v) is 4.14. The number of allylic oxidation sites excluding steroid dienone is 1. The van der Waals surface area contributed by atoms with Crippen molar-refractivity contribution in [3.63, 3.8) is 0 Å². The van der Waals surface area contributed by atoms with Crippen LogP contribution in [-0.4, -0.2) is 9.49 Å². The van der Waals surface area contributed by atoms with Crippen molar-refractivity contribution in [3.05, 3.63) is 92.7 Å². The molecule has 0 amide bonds. The summed E-state index contributed by atoms with van der Waals surface area (Å²) >= 11 is 3.45. The second-order valence-electron chi connectivity index (χ2n) is 5.26. The van der Waals surface area contributed by atoms with E-state index in [1.165, 1.54) is 12.1 Å². The third kappa shape index (κ3) is 3.67. The zero-order valence-electron chi connectivity index (χ0n) is 13.0. The van der Waals surface area contributed by atoms with Crippen LogP contribution in [0.2, 0.25) is 0 Å². The number of hydrogen-bond acceptors (Lipinski definition) is 3. The Kier molecular flexibility index (Phi) is 4.78. The van der Waals surface area contributed by atoms with Gasteiger partial charge in [-0.05, 0) is 42.0 Å². The standard InChI is InChI=1S/C19H12BrN3O2/c20-16-5-2-6-18(12-16)22-9-3-8-17(22)11-15(13-21)14-4-1-7-19(10-14)23(24)25/h1-12H. The van der Waals surface area contributed by atoms with Crippen molar-refractivity contribution in [2.75, 3.05) is 0 Å². The first-order valence-electron chi connectivity index (χ1n) is 7.38. The molecular formula is C19H12BrN3O2. The van der Waals surface area contributed by atoms with Gasteiger partial charge in [0.1, 0.15) is 0 Å². The summed E-state index contributed by atoms with van der Waals surface area (Å²) in [5, 5.41) is 20.5. The van der Waals surface area contributed by atoms with Gasteiger partial charge in [-0.15, -0.1) is 0 Å². The fraction of sp³-hybridized carbons (Fsp3) is 0. The Morgan fingerprint density at radius 2 is 1.96 bits per heavy atom. The van der Waals surface area contributed by atoms with E-state index in [1.807, 2.05) is 47.2 Å². The predicted octanol–water partition coefficient (Wildman–Crippen LogP) is 5.21. The first-order chi connectivity index (χ1) is 12.1. The van der Waals surface area contributed by atoms with Crippen LogP contribution in [0.1, 0.15) is 11.3 Å².